The molecule has 0 saturated carbocycles. The van der Waals surface area contributed by atoms with Gasteiger partial charge in [-0.2, -0.15) is 0 Å². The molecule has 0 heterocycles. The van der Waals surface area contributed by atoms with Crippen LogP contribution in [-0.2, 0) is 0 Å². The Balaban J connectivity index is 2.77. The van der Waals surface area contributed by atoms with E-state index in [0.29, 0.717) is 0 Å². The van der Waals surface area contributed by atoms with Gasteiger partial charge in [-0.15, -0.1) is 0 Å². The van der Waals surface area contributed by atoms with E-state index in [1.807, 2.05) is 0 Å². The van der Waals surface area contributed by atoms with Gasteiger partial charge in [0.15, 0.2) is 0 Å². The van der Waals surface area contributed by atoms with Crippen LogP contribution in [-0.4, -0.2) is 0 Å². The summed E-state index contributed by atoms with van der Waals surface area (Å²) in [6.07, 6.45) is 3.54. The molecular formula is C13H21N. The van der Waals surface area contributed by atoms with E-state index < -0.39 is 0 Å². The van der Waals surface area contributed by atoms with Gasteiger partial charge in [-0.1, -0.05) is 43.5 Å². The Hall–Kier alpha value is -0.820. The van der Waals surface area contributed by atoms with Crippen molar-refractivity contribution in [3.63, 3.8) is 0 Å². The van der Waals surface area contributed by atoms with Gasteiger partial charge in [0.25, 0.3) is 0 Å². The van der Waals surface area contributed by atoms with E-state index in [1.54, 1.807) is 0 Å². The minimum Gasteiger partial charge on any atom is -0.324 e. The fraction of sp³-hybridized carbons (Fsp3) is 0.538. The monoisotopic (exact) mass is 191 g/mol. The summed E-state index contributed by atoms with van der Waals surface area (Å²) in [6.45, 7) is 6.46. The molecule has 0 fully saturated rings. The number of unbranched alkanes of at least 4 members (excludes halogenated alkanes) is 1. The molecule has 14 heavy (non-hydrogen) atoms. The van der Waals surface area contributed by atoms with Gasteiger partial charge in [-0.25, -0.2) is 0 Å². The second-order valence-corrected chi connectivity index (χ2v) is 4.11. The van der Waals surface area contributed by atoms with E-state index in [2.05, 4.69) is 39.0 Å². The Labute approximate surface area is 87.3 Å². The van der Waals surface area contributed by atoms with Crippen molar-refractivity contribution in [1.82, 2.24) is 0 Å². The molecule has 1 atom stereocenters. The van der Waals surface area contributed by atoms with Crippen LogP contribution < -0.4 is 5.73 Å². The maximum absolute atomic E-state index is 6.15. The second-order valence-electron chi connectivity index (χ2n) is 4.11. The standard InChI is InChI=1S/C13H21N/c1-4-5-6-13(14)12-9-10(2)7-8-11(12)3/h7-9,13H,4-6,14H2,1-3H3. The Morgan fingerprint density at radius 2 is 2.00 bits per heavy atom. The van der Waals surface area contributed by atoms with Crippen molar-refractivity contribution in [3.8, 4) is 0 Å². The predicted molar refractivity (Wildman–Crippen MR) is 62.4 cm³/mol. The number of rotatable bonds is 4. The molecule has 0 saturated heterocycles. The molecule has 78 valence electrons. The summed E-state index contributed by atoms with van der Waals surface area (Å²) < 4.78 is 0. The summed E-state index contributed by atoms with van der Waals surface area (Å²) in [5.74, 6) is 0. The average Bonchev–Trinajstić information content (AvgIpc) is 2.18. The lowest BCUT2D eigenvalue weighted by Crippen LogP contribution is -2.11. The molecule has 1 rings (SSSR count). The first-order chi connectivity index (χ1) is 6.65. The van der Waals surface area contributed by atoms with Gasteiger partial charge in [0.1, 0.15) is 0 Å². The molecule has 0 aliphatic heterocycles. The molecule has 1 aromatic rings. The fourth-order valence-corrected chi connectivity index (χ4v) is 1.74. The predicted octanol–water partition coefficient (Wildman–Crippen LogP) is 3.49. The van der Waals surface area contributed by atoms with Crippen LogP contribution in [0.5, 0.6) is 0 Å². The summed E-state index contributed by atoms with van der Waals surface area (Å²) in [6, 6.07) is 6.74. The average molecular weight is 191 g/mol. The molecule has 0 spiro atoms. The Morgan fingerprint density at radius 1 is 1.29 bits per heavy atom. The van der Waals surface area contributed by atoms with Crippen molar-refractivity contribution in [2.45, 2.75) is 46.1 Å². The molecule has 1 unspecified atom stereocenters. The maximum Gasteiger partial charge on any atom is 0.0297 e. The van der Waals surface area contributed by atoms with E-state index in [0.717, 1.165) is 6.42 Å². The summed E-state index contributed by atoms with van der Waals surface area (Å²) in [7, 11) is 0. The lowest BCUT2D eigenvalue weighted by atomic mass is 9.96. The first-order valence-corrected chi connectivity index (χ1v) is 5.48. The van der Waals surface area contributed by atoms with Crippen LogP contribution in [0.15, 0.2) is 18.2 Å². The van der Waals surface area contributed by atoms with E-state index in [9.17, 15) is 0 Å². The Morgan fingerprint density at radius 3 is 2.64 bits per heavy atom. The smallest absolute Gasteiger partial charge is 0.0297 e. The van der Waals surface area contributed by atoms with Crippen molar-refractivity contribution in [1.29, 1.82) is 0 Å². The number of hydrogen-bond acceptors (Lipinski definition) is 1. The van der Waals surface area contributed by atoms with Crippen LogP contribution in [0.2, 0.25) is 0 Å². The van der Waals surface area contributed by atoms with Crippen molar-refractivity contribution in [2.24, 2.45) is 5.73 Å². The molecule has 0 aliphatic rings. The first-order valence-electron chi connectivity index (χ1n) is 5.48. The van der Waals surface area contributed by atoms with Crippen LogP contribution in [0, 0.1) is 13.8 Å². The van der Waals surface area contributed by atoms with Gasteiger partial charge < -0.3 is 5.73 Å². The van der Waals surface area contributed by atoms with Crippen LogP contribution in [0.3, 0.4) is 0 Å². The largest absolute Gasteiger partial charge is 0.324 e. The zero-order valence-electron chi connectivity index (χ0n) is 9.51. The SMILES string of the molecule is CCCCC(N)c1cc(C)ccc1C. The lowest BCUT2D eigenvalue weighted by Gasteiger charge is -2.15. The van der Waals surface area contributed by atoms with Crippen molar-refractivity contribution in [2.75, 3.05) is 0 Å². The quantitative estimate of drug-likeness (QED) is 0.774. The summed E-state index contributed by atoms with van der Waals surface area (Å²) in [5, 5.41) is 0. The molecular weight excluding hydrogens is 170 g/mol. The normalized spacial score (nSPS) is 12.9. The third-order valence-electron chi connectivity index (χ3n) is 2.70. The molecule has 0 radical (unpaired) electrons. The number of benzene rings is 1. The highest BCUT2D eigenvalue weighted by molar-refractivity contribution is 5.32. The van der Waals surface area contributed by atoms with Gasteiger partial charge >= 0.3 is 0 Å². The van der Waals surface area contributed by atoms with Gasteiger partial charge in [0.2, 0.25) is 0 Å². The molecule has 1 aromatic carbocycles. The van der Waals surface area contributed by atoms with Gasteiger partial charge in [0.05, 0.1) is 0 Å². The summed E-state index contributed by atoms with van der Waals surface area (Å²) in [5.41, 5.74) is 10.1. The van der Waals surface area contributed by atoms with Crippen molar-refractivity contribution in [3.05, 3.63) is 34.9 Å². The molecule has 2 N–H and O–H groups in total. The molecule has 1 nitrogen and oxygen atoms in total. The minimum atomic E-state index is 0.217. The van der Waals surface area contributed by atoms with Crippen molar-refractivity contribution >= 4 is 0 Å². The van der Waals surface area contributed by atoms with Gasteiger partial charge in [0, 0.05) is 6.04 Å². The second kappa shape index (κ2) is 5.16. The molecule has 0 bridgehead atoms. The van der Waals surface area contributed by atoms with Crippen LogP contribution in [0.4, 0.5) is 0 Å². The highest BCUT2D eigenvalue weighted by Crippen LogP contribution is 2.21. The van der Waals surface area contributed by atoms with Crippen molar-refractivity contribution < 1.29 is 0 Å². The molecule has 0 aliphatic carbocycles. The summed E-state index contributed by atoms with van der Waals surface area (Å²) >= 11 is 0. The van der Waals surface area contributed by atoms with E-state index in [1.165, 1.54) is 29.5 Å². The highest BCUT2D eigenvalue weighted by Gasteiger charge is 2.07. The number of hydrogen-bond donors (Lipinski definition) is 1. The van der Waals surface area contributed by atoms with E-state index in [4.69, 9.17) is 5.73 Å². The zero-order chi connectivity index (χ0) is 10.6. The van der Waals surface area contributed by atoms with Gasteiger partial charge in [-0.05, 0) is 31.4 Å². The Kier molecular flexibility index (Phi) is 4.15. The number of nitrogens with two attached hydrogens (primary N) is 1. The lowest BCUT2D eigenvalue weighted by molar-refractivity contribution is 0.600. The first kappa shape index (κ1) is 11.3. The molecule has 1 heteroatoms. The highest BCUT2D eigenvalue weighted by atomic mass is 14.6. The third kappa shape index (κ3) is 2.85. The molecule has 0 amide bonds. The fourth-order valence-electron chi connectivity index (χ4n) is 1.74. The summed E-state index contributed by atoms with van der Waals surface area (Å²) in [4.78, 5) is 0. The third-order valence-corrected chi connectivity index (χ3v) is 2.70. The van der Waals surface area contributed by atoms with Gasteiger partial charge in [-0.3, -0.25) is 0 Å². The maximum atomic E-state index is 6.15. The minimum absolute atomic E-state index is 0.217. The topological polar surface area (TPSA) is 26.0 Å². The van der Waals surface area contributed by atoms with Crippen LogP contribution >= 0.6 is 0 Å². The number of aryl methyl sites for hydroxylation is 2. The van der Waals surface area contributed by atoms with E-state index >= 15 is 0 Å². The van der Waals surface area contributed by atoms with Crippen LogP contribution in [0.1, 0.15) is 48.9 Å². The molecule has 0 aromatic heterocycles. The zero-order valence-corrected chi connectivity index (χ0v) is 9.51. The Bertz CT molecular complexity index is 291. The van der Waals surface area contributed by atoms with E-state index in [-0.39, 0.29) is 6.04 Å². The van der Waals surface area contributed by atoms with Crippen LogP contribution in [0.25, 0.3) is 0 Å².